The molecule has 8 aliphatic heterocycles. The third kappa shape index (κ3) is 17.8. The molecule has 2 bridgehead atoms. The van der Waals surface area contributed by atoms with Crippen LogP contribution in [0.3, 0.4) is 0 Å². The molecule has 8 saturated heterocycles. The fourth-order valence-corrected chi connectivity index (χ4v) is 13.0. The van der Waals surface area contributed by atoms with Crippen molar-refractivity contribution in [1.29, 1.82) is 0 Å². The second-order valence-corrected chi connectivity index (χ2v) is 28.4. The molecule has 10 rings (SSSR count). The van der Waals surface area contributed by atoms with Gasteiger partial charge in [-0.1, -0.05) is 113 Å². The summed E-state index contributed by atoms with van der Waals surface area (Å²) < 4.78 is 128. The molecule has 22 unspecified atom stereocenters. The molecule has 0 radical (unpaired) electrons. The van der Waals surface area contributed by atoms with Crippen LogP contribution >= 0.6 is 10.7 Å². The number of aliphatic hydroxyl groups is 4. The zero-order chi connectivity index (χ0) is 61.6. The van der Waals surface area contributed by atoms with Crippen LogP contribution in [0.2, 0.25) is 0 Å². The number of rotatable bonds is 11. The first-order chi connectivity index (χ1) is 38.1. The van der Waals surface area contributed by atoms with Crippen LogP contribution in [0.15, 0.2) is 111 Å². The van der Waals surface area contributed by atoms with Crippen LogP contribution < -0.4 is 29.6 Å². The summed E-state index contributed by atoms with van der Waals surface area (Å²) in [4.78, 5) is 0. The van der Waals surface area contributed by atoms with E-state index >= 15 is 0 Å². The fraction of sp³-hybridized carbons (Fsp3) is 0.649. The molecule has 2 aromatic carbocycles. The van der Waals surface area contributed by atoms with Crippen molar-refractivity contribution in [3.05, 3.63) is 122 Å². The van der Waals surface area contributed by atoms with Crippen LogP contribution in [-0.4, -0.2) is 187 Å². The van der Waals surface area contributed by atoms with E-state index in [0.29, 0.717) is 13.2 Å². The molecule has 4 N–H and O–H groups in total. The molecule has 0 amide bonds. The van der Waals surface area contributed by atoms with E-state index in [1.807, 2.05) is 95.3 Å². The van der Waals surface area contributed by atoms with Crippen LogP contribution in [0.4, 0.5) is 0 Å². The van der Waals surface area contributed by atoms with Crippen LogP contribution in [-0.2, 0) is 80.3 Å². The van der Waals surface area contributed by atoms with E-state index < -0.39 is 126 Å². The normalized spacial score (nSPS) is 40.9. The topological polar surface area (TPSA) is 285 Å². The van der Waals surface area contributed by atoms with Gasteiger partial charge in [0.1, 0.15) is 46.8 Å². The second-order valence-electron chi connectivity index (χ2n) is 22.1. The summed E-state index contributed by atoms with van der Waals surface area (Å²) in [7, 11) is -5.95. The van der Waals surface area contributed by atoms with E-state index in [1.165, 1.54) is 6.08 Å². The molecule has 2 aromatic rings. The number of fused-ring (bicyclic) bond motifs is 5. The minimum absolute atomic E-state index is 0. The van der Waals surface area contributed by atoms with Crippen molar-refractivity contribution in [2.45, 2.75) is 164 Å². The molecule has 0 saturated carbocycles. The van der Waals surface area contributed by atoms with Gasteiger partial charge in [-0.05, 0) is 27.7 Å². The Bertz CT molecular complexity index is 2790. The van der Waals surface area contributed by atoms with Gasteiger partial charge in [0, 0.05) is 45.5 Å². The molecule has 21 nitrogen and oxygen atoms in total. The van der Waals surface area contributed by atoms with E-state index in [9.17, 15) is 45.7 Å². The summed E-state index contributed by atoms with van der Waals surface area (Å²) in [5, 5.41) is 39.7. The number of ether oxygens (including phenoxy) is 9. The Labute approximate surface area is 519 Å². The van der Waals surface area contributed by atoms with Gasteiger partial charge in [0.15, 0.2) is 12.6 Å². The number of halogens is 1. The maximum Gasteiger partial charge on any atom is 1.00 e. The van der Waals surface area contributed by atoms with Gasteiger partial charge >= 0.3 is 29.6 Å². The van der Waals surface area contributed by atoms with Crippen molar-refractivity contribution >= 4 is 40.0 Å². The first kappa shape index (κ1) is 73.4. The monoisotopic (exact) mass is 1260 g/mol. The summed E-state index contributed by atoms with van der Waals surface area (Å²) in [6.07, 6.45) is 2.84. The van der Waals surface area contributed by atoms with Gasteiger partial charge in [0.2, 0.25) is 9.05 Å². The van der Waals surface area contributed by atoms with Gasteiger partial charge in [0.25, 0.3) is 20.2 Å². The number of aliphatic hydroxyl groups excluding tert-OH is 4. The minimum Gasteiger partial charge on any atom is -1.00 e. The quantitative estimate of drug-likeness (QED) is 0.109. The molecule has 466 valence electrons. The third-order valence-corrected chi connectivity index (χ3v) is 16.9. The van der Waals surface area contributed by atoms with E-state index in [4.69, 9.17) is 51.0 Å². The van der Waals surface area contributed by atoms with Crippen molar-refractivity contribution < 1.29 is 128 Å². The smallest absolute Gasteiger partial charge is 1.00 e. The van der Waals surface area contributed by atoms with Crippen molar-refractivity contribution in [1.82, 2.24) is 0 Å². The number of benzene rings is 2. The van der Waals surface area contributed by atoms with Gasteiger partial charge in [-0.25, -0.2) is 8.42 Å². The largest absolute Gasteiger partial charge is 1.00 e. The van der Waals surface area contributed by atoms with Gasteiger partial charge in [-0.15, -0.1) is 26.3 Å². The molecule has 8 heterocycles. The molecule has 8 aliphatic rings. The second kappa shape index (κ2) is 30.0. The fourth-order valence-electron chi connectivity index (χ4n) is 11.6. The molecule has 0 aliphatic carbocycles. The number of hydrogen-bond acceptors (Lipinski definition) is 21. The summed E-state index contributed by atoms with van der Waals surface area (Å²) in [6.45, 7) is 30.5. The maximum atomic E-state index is 11.6. The average molecular weight is 1260 g/mol. The molecule has 0 spiro atoms. The standard InChI is InChI=1S/C18H24O6S.C17H22O4.C11H20O6S.C10H16O3.CH3ClO2S.Na.H/c1-5-18-11-21-17(14-9-7-6-8-10-14)22-16(18)12(2)15(13(3)23-18)24-25(4,19)20;1-4-17-10-19-16(13-8-6-5-7-9-13)20-15(17)11(2)14(18)12(3)21-17;1-5-11(6-12)10(13)7(2)9(8(3)16-11)17-18(4,14)15;1-4-10-5-12-8(7(3)13-10)6(2)9(10)11;1-5(2,3)4;;/h5-10,12-13,15-17H,1,11H2,2-4H3;4-9,11-12,14-16,18H,1,10H2,2-3H3;5,7-10,12-13H,1,6H2,2-4H3;4,6-9,11H,1,5H2,2-3H3;1H3;;/q;;;;;+1;-1. The van der Waals surface area contributed by atoms with Crippen LogP contribution in [0, 0.1) is 23.7 Å². The van der Waals surface area contributed by atoms with Gasteiger partial charge < -0.3 is 64.5 Å². The Morgan fingerprint density at radius 2 is 0.940 bits per heavy atom. The first-order valence-corrected chi connectivity index (χ1v) is 33.3. The Kier molecular flexibility index (Phi) is 26.5. The van der Waals surface area contributed by atoms with E-state index in [2.05, 4.69) is 37.0 Å². The number of hydrogen-bond donors (Lipinski definition) is 4. The predicted molar refractivity (Wildman–Crippen MR) is 307 cm³/mol. The van der Waals surface area contributed by atoms with Crippen molar-refractivity contribution in [3.63, 3.8) is 0 Å². The van der Waals surface area contributed by atoms with Gasteiger partial charge in [-0.3, -0.25) is 8.37 Å². The molecule has 26 heteroatoms. The van der Waals surface area contributed by atoms with Gasteiger partial charge in [-0.2, -0.15) is 16.8 Å². The molecular formula is C57H86ClNaO21S3. The summed E-state index contributed by atoms with van der Waals surface area (Å²) in [5.41, 5.74) is -1.61. The summed E-state index contributed by atoms with van der Waals surface area (Å²) in [6, 6.07) is 19.4. The van der Waals surface area contributed by atoms with Crippen LogP contribution in [0.5, 0.6) is 0 Å². The summed E-state index contributed by atoms with van der Waals surface area (Å²) >= 11 is 0. The Morgan fingerprint density at radius 1 is 0.554 bits per heavy atom. The Hall–Kier alpha value is -2.06. The van der Waals surface area contributed by atoms with E-state index in [-0.39, 0.29) is 79.8 Å². The van der Waals surface area contributed by atoms with Crippen molar-refractivity contribution in [3.8, 4) is 0 Å². The third-order valence-electron chi connectivity index (χ3n) is 15.8. The zero-order valence-electron chi connectivity index (χ0n) is 50.5. The first-order valence-electron chi connectivity index (χ1n) is 26.9. The molecule has 0 aromatic heterocycles. The molecule has 83 heavy (non-hydrogen) atoms. The van der Waals surface area contributed by atoms with Crippen LogP contribution in [0.1, 0.15) is 80.5 Å². The molecule has 22 atom stereocenters. The molecular weight excluding hydrogens is 1180 g/mol. The molecule has 8 fully saturated rings. The maximum absolute atomic E-state index is 11.6. The van der Waals surface area contributed by atoms with Crippen molar-refractivity contribution in [2.24, 2.45) is 23.7 Å². The van der Waals surface area contributed by atoms with Crippen LogP contribution in [0.25, 0.3) is 0 Å². The van der Waals surface area contributed by atoms with Gasteiger partial charge in [0.05, 0.1) is 94.0 Å². The Balaban J connectivity index is 0.000000289. The zero-order valence-corrected chi connectivity index (χ0v) is 54.7. The van der Waals surface area contributed by atoms with E-state index in [1.54, 1.807) is 39.0 Å². The SMILES string of the molecule is C=CC1(CO)OC(C)C(OS(C)(=O)=O)C(C)C1O.C=CC12COC(C(C)O1)C(C)C2O.C=CC12COC(c3ccccc3)OC1C(C)C(O)C(C)O2.C=CC12COC(c3ccccc3)OC1C(C)C(OS(C)(=O)=O)C(C)O2.CS(=O)(=O)Cl.[H-].[Na+]. The van der Waals surface area contributed by atoms with E-state index in [0.717, 1.165) is 29.9 Å². The van der Waals surface area contributed by atoms with Crippen molar-refractivity contribution in [2.75, 3.05) is 45.2 Å². The predicted octanol–water partition coefficient (Wildman–Crippen LogP) is 2.56. The minimum atomic E-state index is -3.64. The summed E-state index contributed by atoms with van der Waals surface area (Å²) in [5.74, 6) is -0.683. The Morgan fingerprint density at radius 3 is 1.34 bits per heavy atom. The average Bonchev–Trinajstić information content (AvgIpc) is 1.83.